The van der Waals surface area contributed by atoms with Gasteiger partial charge in [0.05, 0.1) is 0 Å². The fourth-order valence-corrected chi connectivity index (χ4v) is 2.79. The standard InChI is InChI=1S/C17H23NO3/c1-12(2)14-8-5-13(6-9-14)7-10-16(19)18-11-3-4-15(18)17(20)21/h5-6,8-9,12,15H,3-4,7,10-11H2,1-2H3,(H,20,21). The summed E-state index contributed by atoms with van der Waals surface area (Å²) in [6.45, 7) is 4.87. The SMILES string of the molecule is CC(C)c1ccc(CCC(=O)N2CCCC2C(=O)O)cc1. The predicted molar refractivity (Wildman–Crippen MR) is 81.2 cm³/mol. The molecular weight excluding hydrogens is 266 g/mol. The van der Waals surface area contributed by atoms with Crippen molar-refractivity contribution in [2.24, 2.45) is 0 Å². The van der Waals surface area contributed by atoms with E-state index in [4.69, 9.17) is 5.11 Å². The van der Waals surface area contributed by atoms with Crippen molar-refractivity contribution in [3.63, 3.8) is 0 Å². The Hall–Kier alpha value is -1.84. The average Bonchev–Trinajstić information content (AvgIpc) is 2.95. The lowest BCUT2D eigenvalue weighted by molar-refractivity contribution is -0.148. The first-order valence-corrected chi connectivity index (χ1v) is 7.60. The van der Waals surface area contributed by atoms with Gasteiger partial charge < -0.3 is 10.0 Å². The zero-order valence-electron chi connectivity index (χ0n) is 12.7. The zero-order chi connectivity index (χ0) is 15.4. The number of carboxylic acids is 1. The minimum absolute atomic E-state index is 0.0483. The van der Waals surface area contributed by atoms with Crippen molar-refractivity contribution in [2.45, 2.75) is 51.5 Å². The first-order chi connectivity index (χ1) is 9.99. The second kappa shape index (κ2) is 6.74. The van der Waals surface area contributed by atoms with Gasteiger partial charge in [0.2, 0.25) is 5.91 Å². The molecule has 1 aromatic rings. The van der Waals surface area contributed by atoms with Gasteiger partial charge >= 0.3 is 5.97 Å². The Kier molecular flexibility index (Phi) is 4.99. The second-order valence-corrected chi connectivity index (χ2v) is 5.98. The summed E-state index contributed by atoms with van der Waals surface area (Å²) in [6.07, 6.45) is 2.40. The number of aryl methyl sites for hydroxylation is 1. The normalized spacial score (nSPS) is 18.2. The lowest BCUT2D eigenvalue weighted by atomic mass is 10.00. The Morgan fingerprint density at radius 1 is 1.29 bits per heavy atom. The van der Waals surface area contributed by atoms with Gasteiger partial charge in [0, 0.05) is 13.0 Å². The van der Waals surface area contributed by atoms with Crippen LogP contribution in [0.5, 0.6) is 0 Å². The Balaban J connectivity index is 1.90. The number of carbonyl (C=O) groups excluding carboxylic acids is 1. The summed E-state index contributed by atoms with van der Waals surface area (Å²) in [5.41, 5.74) is 2.41. The largest absolute Gasteiger partial charge is 0.480 e. The first kappa shape index (κ1) is 15.5. The summed E-state index contributed by atoms with van der Waals surface area (Å²) in [5, 5.41) is 9.11. The van der Waals surface area contributed by atoms with Crippen molar-refractivity contribution in [1.29, 1.82) is 0 Å². The second-order valence-electron chi connectivity index (χ2n) is 5.98. The highest BCUT2D eigenvalue weighted by Crippen LogP contribution is 2.20. The van der Waals surface area contributed by atoms with E-state index < -0.39 is 12.0 Å². The molecule has 21 heavy (non-hydrogen) atoms. The summed E-state index contributed by atoms with van der Waals surface area (Å²) in [4.78, 5) is 24.8. The molecule has 0 aliphatic carbocycles. The molecule has 1 N–H and O–H groups in total. The fourth-order valence-electron chi connectivity index (χ4n) is 2.79. The van der Waals surface area contributed by atoms with Crippen LogP contribution in [0.1, 0.15) is 50.2 Å². The van der Waals surface area contributed by atoms with Gasteiger partial charge in [0.1, 0.15) is 6.04 Å². The van der Waals surface area contributed by atoms with Gasteiger partial charge in [0.15, 0.2) is 0 Å². The number of carbonyl (C=O) groups is 2. The molecule has 1 atom stereocenters. The average molecular weight is 289 g/mol. The lowest BCUT2D eigenvalue weighted by Crippen LogP contribution is -2.40. The Bertz CT molecular complexity index is 507. The number of likely N-dealkylation sites (tertiary alicyclic amines) is 1. The molecule has 1 aliphatic rings. The van der Waals surface area contributed by atoms with Crippen molar-refractivity contribution in [1.82, 2.24) is 4.90 Å². The molecule has 4 nitrogen and oxygen atoms in total. The van der Waals surface area contributed by atoms with E-state index in [9.17, 15) is 9.59 Å². The highest BCUT2D eigenvalue weighted by Gasteiger charge is 2.33. The van der Waals surface area contributed by atoms with Gasteiger partial charge in [-0.3, -0.25) is 4.79 Å². The number of aliphatic carboxylic acids is 1. The van der Waals surface area contributed by atoms with Crippen LogP contribution in [0.3, 0.4) is 0 Å². The van der Waals surface area contributed by atoms with Crippen LogP contribution >= 0.6 is 0 Å². The molecule has 1 fully saturated rings. The van der Waals surface area contributed by atoms with Crippen LogP contribution in [0, 0.1) is 0 Å². The third-order valence-electron chi connectivity index (χ3n) is 4.13. The summed E-state index contributed by atoms with van der Waals surface area (Å²) in [7, 11) is 0. The highest BCUT2D eigenvalue weighted by molar-refractivity contribution is 5.84. The molecule has 0 spiro atoms. The van der Waals surface area contributed by atoms with E-state index in [1.54, 1.807) is 0 Å². The number of benzene rings is 1. The van der Waals surface area contributed by atoms with Crippen LogP contribution < -0.4 is 0 Å². The molecule has 1 aromatic carbocycles. The van der Waals surface area contributed by atoms with Gasteiger partial charge in [0.25, 0.3) is 0 Å². The van der Waals surface area contributed by atoms with E-state index in [1.807, 2.05) is 0 Å². The molecule has 0 saturated carbocycles. The molecule has 1 unspecified atom stereocenters. The summed E-state index contributed by atoms with van der Waals surface area (Å²) in [5.74, 6) is -0.434. The molecule has 0 bridgehead atoms. The van der Waals surface area contributed by atoms with Gasteiger partial charge in [-0.15, -0.1) is 0 Å². The smallest absolute Gasteiger partial charge is 0.326 e. The number of hydrogen-bond acceptors (Lipinski definition) is 2. The van der Waals surface area contributed by atoms with Crippen LogP contribution in [0.15, 0.2) is 24.3 Å². The van der Waals surface area contributed by atoms with Crippen LogP contribution in [0.2, 0.25) is 0 Å². The summed E-state index contributed by atoms with van der Waals surface area (Å²) in [6, 6.07) is 7.68. The number of rotatable bonds is 5. The van der Waals surface area contributed by atoms with Crippen molar-refractivity contribution < 1.29 is 14.7 Å². The van der Waals surface area contributed by atoms with Crippen LogP contribution in [-0.4, -0.2) is 34.5 Å². The zero-order valence-corrected chi connectivity index (χ0v) is 12.7. The molecular formula is C17H23NO3. The molecule has 4 heteroatoms. The third-order valence-corrected chi connectivity index (χ3v) is 4.13. The molecule has 2 rings (SSSR count). The minimum atomic E-state index is -0.887. The van der Waals surface area contributed by atoms with Crippen molar-refractivity contribution in [3.05, 3.63) is 35.4 Å². The molecule has 0 radical (unpaired) electrons. The molecule has 1 saturated heterocycles. The molecule has 0 aromatic heterocycles. The van der Waals surface area contributed by atoms with E-state index in [2.05, 4.69) is 38.1 Å². The predicted octanol–water partition coefficient (Wildman–Crippen LogP) is 2.82. The van der Waals surface area contributed by atoms with Crippen LogP contribution in [0.25, 0.3) is 0 Å². The van der Waals surface area contributed by atoms with Gasteiger partial charge in [-0.05, 0) is 36.3 Å². The van der Waals surface area contributed by atoms with Gasteiger partial charge in [-0.25, -0.2) is 4.79 Å². The Labute approximate surface area is 125 Å². The van der Waals surface area contributed by atoms with E-state index in [0.29, 0.717) is 31.7 Å². The lowest BCUT2D eigenvalue weighted by Gasteiger charge is -2.21. The summed E-state index contributed by atoms with van der Waals surface area (Å²) < 4.78 is 0. The van der Waals surface area contributed by atoms with E-state index in [1.165, 1.54) is 10.5 Å². The fraction of sp³-hybridized carbons (Fsp3) is 0.529. The van der Waals surface area contributed by atoms with E-state index >= 15 is 0 Å². The molecule has 1 amide bonds. The van der Waals surface area contributed by atoms with Gasteiger partial charge in [-0.1, -0.05) is 38.1 Å². The third kappa shape index (κ3) is 3.84. The van der Waals surface area contributed by atoms with Crippen molar-refractivity contribution >= 4 is 11.9 Å². The highest BCUT2D eigenvalue weighted by atomic mass is 16.4. The van der Waals surface area contributed by atoms with E-state index in [-0.39, 0.29) is 5.91 Å². The first-order valence-electron chi connectivity index (χ1n) is 7.60. The quantitative estimate of drug-likeness (QED) is 0.906. The number of nitrogens with zero attached hydrogens (tertiary/aromatic N) is 1. The molecule has 114 valence electrons. The molecule has 1 aliphatic heterocycles. The van der Waals surface area contributed by atoms with E-state index in [0.717, 1.165) is 12.0 Å². The van der Waals surface area contributed by atoms with Gasteiger partial charge in [-0.2, -0.15) is 0 Å². The number of carboxylic acid groups (broad SMARTS) is 1. The maximum Gasteiger partial charge on any atom is 0.326 e. The molecule has 1 heterocycles. The number of amides is 1. The summed E-state index contributed by atoms with van der Waals surface area (Å²) >= 11 is 0. The van der Waals surface area contributed by atoms with Crippen LogP contribution in [0.4, 0.5) is 0 Å². The Morgan fingerprint density at radius 3 is 2.52 bits per heavy atom. The van der Waals surface area contributed by atoms with Crippen molar-refractivity contribution in [3.8, 4) is 0 Å². The van der Waals surface area contributed by atoms with Crippen molar-refractivity contribution in [2.75, 3.05) is 6.54 Å². The maximum atomic E-state index is 12.2. The Morgan fingerprint density at radius 2 is 1.95 bits per heavy atom. The van der Waals surface area contributed by atoms with Crippen LogP contribution in [-0.2, 0) is 16.0 Å². The topological polar surface area (TPSA) is 57.6 Å². The maximum absolute atomic E-state index is 12.2. The minimum Gasteiger partial charge on any atom is -0.480 e. The number of hydrogen-bond donors (Lipinski definition) is 1. The monoisotopic (exact) mass is 289 g/mol.